The molecule has 1 fully saturated rings. The normalized spacial score (nSPS) is 21.2. The van der Waals surface area contributed by atoms with E-state index in [1.54, 1.807) is 18.2 Å². The highest BCUT2D eigenvalue weighted by molar-refractivity contribution is 5.75. The quantitative estimate of drug-likeness (QED) is 0.500. The predicted molar refractivity (Wildman–Crippen MR) is 76.4 cm³/mol. The molecular formula is C13H20N4O2. The Balaban J connectivity index is 2.40. The molecule has 1 aromatic carbocycles. The van der Waals surface area contributed by atoms with Gasteiger partial charge in [0.2, 0.25) is 0 Å². The van der Waals surface area contributed by atoms with E-state index in [1.165, 1.54) is 0 Å². The number of rotatable bonds is 2. The van der Waals surface area contributed by atoms with Gasteiger partial charge in [0.05, 0.1) is 4.92 Å². The van der Waals surface area contributed by atoms with Crippen molar-refractivity contribution < 1.29 is 4.92 Å². The Hall–Kier alpha value is -1.82. The van der Waals surface area contributed by atoms with E-state index in [1.807, 2.05) is 0 Å². The zero-order chi connectivity index (χ0) is 14.0. The van der Waals surface area contributed by atoms with Crippen LogP contribution in [0.2, 0.25) is 0 Å². The summed E-state index contributed by atoms with van der Waals surface area (Å²) in [6.07, 6.45) is 0.993. The second kappa shape index (κ2) is 5.44. The molecule has 6 nitrogen and oxygen atoms in total. The third kappa shape index (κ3) is 2.78. The van der Waals surface area contributed by atoms with Crippen molar-refractivity contribution in [3.05, 3.63) is 28.3 Å². The standard InChI is InChI=1S/C13H20N4O2/c1-10-9-15(2)7-4-8-16(10)12-6-3-5-11(14)13(12)17(18)19/h3,5-6,10H,4,7-9,14H2,1-2H3. The Morgan fingerprint density at radius 3 is 2.84 bits per heavy atom. The molecule has 19 heavy (non-hydrogen) atoms. The molecule has 1 unspecified atom stereocenters. The summed E-state index contributed by atoms with van der Waals surface area (Å²) in [5.74, 6) is 0. The van der Waals surface area contributed by atoms with Crippen molar-refractivity contribution in [3.8, 4) is 0 Å². The van der Waals surface area contributed by atoms with E-state index in [-0.39, 0.29) is 22.3 Å². The maximum Gasteiger partial charge on any atom is 0.315 e. The number of anilines is 2. The number of nitro groups is 1. The highest BCUT2D eigenvalue weighted by Gasteiger charge is 2.27. The van der Waals surface area contributed by atoms with Crippen molar-refractivity contribution in [1.29, 1.82) is 0 Å². The molecular weight excluding hydrogens is 244 g/mol. The molecule has 104 valence electrons. The van der Waals surface area contributed by atoms with Crippen molar-refractivity contribution in [3.63, 3.8) is 0 Å². The fourth-order valence-corrected chi connectivity index (χ4v) is 2.71. The molecule has 1 aromatic rings. The van der Waals surface area contributed by atoms with Crippen LogP contribution in [0.5, 0.6) is 0 Å². The fraction of sp³-hybridized carbons (Fsp3) is 0.538. The van der Waals surface area contributed by atoms with Gasteiger partial charge in [0.25, 0.3) is 0 Å². The third-order valence-corrected chi connectivity index (χ3v) is 3.58. The minimum absolute atomic E-state index is 0.0268. The summed E-state index contributed by atoms with van der Waals surface area (Å²) in [5.41, 5.74) is 6.65. The summed E-state index contributed by atoms with van der Waals surface area (Å²) in [6.45, 7) is 4.81. The first-order valence-corrected chi connectivity index (χ1v) is 6.48. The largest absolute Gasteiger partial charge is 0.393 e. The highest BCUT2D eigenvalue weighted by atomic mass is 16.6. The summed E-state index contributed by atoms with van der Waals surface area (Å²) in [7, 11) is 2.08. The third-order valence-electron chi connectivity index (χ3n) is 3.58. The Kier molecular flexibility index (Phi) is 3.90. The molecule has 2 rings (SSSR count). The molecule has 0 amide bonds. The second-order valence-corrected chi connectivity index (χ2v) is 5.13. The van der Waals surface area contributed by atoms with Gasteiger partial charge < -0.3 is 15.5 Å². The first-order chi connectivity index (χ1) is 9.00. The molecule has 1 aliphatic heterocycles. The van der Waals surface area contributed by atoms with Crippen molar-refractivity contribution >= 4 is 17.1 Å². The number of nitrogens with zero attached hydrogens (tertiary/aromatic N) is 3. The SMILES string of the molecule is CC1CN(C)CCCN1c1cccc(N)c1[N+](=O)[O-]. The molecule has 1 heterocycles. The van der Waals surface area contributed by atoms with Crippen molar-refractivity contribution in [1.82, 2.24) is 4.90 Å². The smallest absolute Gasteiger partial charge is 0.315 e. The van der Waals surface area contributed by atoms with E-state index >= 15 is 0 Å². The van der Waals surface area contributed by atoms with Crippen LogP contribution in [0.1, 0.15) is 13.3 Å². The minimum atomic E-state index is -0.383. The van der Waals surface area contributed by atoms with Gasteiger partial charge in [-0.15, -0.1) is 0 Å². The molecule has 2 N–H and O–H groups in total. The van der Waals surface area contributed by atoms with Crippen LogP contribution in [0.4, 0.5) is 17.1 Å². The van der Waals surface area contributed by atoms with Crippen molar-refractivity contribution in [2.75, 3.05) is 37.3 Å². The van der Waals surface area contributed by atoms with Gasteiger partial charge in [-0.3, -0.25) is 10.1 Å². The molecule has 1 aliphatic rings. The molecule has 0 radical (unpaired) electrons. The Morgan fingerprint density at radius 1 is 1.42 bits per heavy atom. The number of nitrogens with two attached hydrogens (primary N) is 1. The molecule has 6 heteroatoms. The van der Waals surface area contributed by atoms with Crippen LogP contribution in [0.25, 0.3) is 0 Å². The van der Waals surface area contributed by atoms with E-state index in [2.05, 4.69) is 23.8 Å². The number of benzene rings is 1. The van der Waals surface area contributed by atoms with Gasteiger partial charge in [-0.25, -0.2) is 0 Å². The summed E-state index contributed by atoms with van der Waals surface area (Å²) >= 11 is 0. The highest BCUT2D eigenvalue weighted by Crippen LogP contribution is 2.35. The number of likely N-dealkylation sites (N-methyl/N-ethyl adjacent to an activating group) is 1. The van der Waals surface area contributed by atoms with Gasteiger partial charge in [0.15, 0.2) is 0 Å². The monoisotopic (exact) mass is 264 g/mol. The first-order valence-electron chi connectivity index (χ1n) is 6.48. The second-order valence-electron chi connectivity index (χ2n) is 5.13. The number of nitrogen functional groups attached to an aromatic ring is 1. The lowest BCUT2D eigenvalue weighted by Crippen LogP contribution is -2.38. The van der Waals surface area contributed by atoms with Crippen LogP contribution in [0.3, 0.4) is 0 Å². The Morgan fingerprint density at radius 2 is 2.16 bits per heavy atom. The first kappa shape index (κ1) is 13.6. The summed E-state index contributed by atoms with van der Waals surface area (Å²) < 4.78 is 0. The zero-order valence-electron chi connectivity index (χ0n) is 11.4. The molecule has 1 saturated heterocycles. The molecule has 0 spiro atoms. The lowest BCUT2D eigenvalue weighted by atomic mass is 10.1. The maximum absolute atomic E-state index is 11.2. The lowest BCUT2D eigenvalue weighted by Gasteiger charge is -2.29. The zero-order valence-corrected chi connectivity index (χ0v) is 11.4. The van der Waals surface area contributed by atoms with Gasteiger partial charge in [-0.1, -0.05) is 6.07 Å². The number of para-hydroxylation sites is 1. The lowest BCUT2D eigenvalue weighted by molar-refractivity contribution is -0.383. The molecule has 1 atom stereocenters. The van der Waals surface area contributed by atoms with Gasteiger partial charge in [-0.05, 0) is 39.1 Å². The predicted octanol–water partition coefficient (Wildman–Crippen LogP) is 1.71. The maximum atomic E-state index is 11.2. The minimum Gasteiger partial charge on any atom is -0.393 e. The van der Waals surface area contributed by atoms with E-state index < -0.39 is 0 Å². The number of nitro benzene ring substituents is 1. The van der Waals surface area contributed by atoms with Gasteiger partial charge in [0, 0.05) is 19.1 Å². The Labute approximate surface area is 112 Å². The summed E-state index contributed by atoms with van der Waals surface area (Å²) in [6, 6.07) is 5.37. The van der Waals surface area contributed by atoms with Gasteiger partial charge in [0.1, 0.15) is 11.4 Å². The van der Waals surface area contributed by atoms with Crippen molar-refractivity contribution in [2.45, 2.75) is 19.4 Å². The Bertz CT molecular complexity index is 478. The van der Waals surface area contributed by atoms with Crippen LogP contribution in [-0.2, 0) is 0 Å². The van der Waals surface area contributed by atoms with E-state index in [0.29, 0.717) is 5.69 Å². The number of hydrogen-bond acceptors (Lipinski definition) is 5. The van der Waals surface area contributed by atoms with E-state index in [9.17, 15) is 10.1 Å². The average molecular weight is 264 g/mol. The molecule has 0 aliphatic carbocycles. The topological polar surface area (TPSA) is 75.6 Å². The van der Waals surface area contributed by atoms with Crippen LogP contribution >= 0.6 is 0 Å². The summed E-state index contributed by atoms with van der Waals surface area (Å²) in [4.78, 5) is 15.2. The van der Waals surface area contributed by atoms with Crippen LogP contribution in [0, 0.1) is 10.1 Å². The molecule has 0 aromatic heterocycles. The van der Waals surface area contributed by atoms with Crippen LogP contribution in [0.15, 0.2) is 18.2 Å². The van der Waals surface area contributed by atoms with E-state index in [0.717, 1.165) is 26.1 Å². The fourth-order valence-electron chi connectivity index (χ4n) is 2.71. The summed E-state index contributed by atoms with van der Waals surface area (Å²) in [5, 5.41) is 11.2. The molecule has 0 bridgehead atoms. The molecule has 0 saturated carbocycles. The van der Waals surface area contributed by atoms with Crippen molar-refractivity contribution in [2.24, 2.45) is 0 Å². The average Bonchev–Trinajstić information content (AvgIpc) is 2.49. The van der Waals surface area contributed by atoms with Gasteiger partial charge >= 0.3 is 5.69 Å². The van der Waals surface area contributed by atoms with Crippen LogP contribution < -0.4 is 10.6 Å². The van der Waals surface area contributed by atoms with Gasteiger partial charge in [-0.2, -0.15) is 0 Å². The number of hydrogen-bond donors (Lipinski definition) is 1. The van der Waals surface area contributed by atoms with Crippen LogP contribution in [-0.4, -0.2) is 42.5 Å². The van der Waals surface area contributed by atoms with E-state index in [4.69, 9.17) is 5.73 Å².